The molecule has 0 spiro atoms. The van der Waals surface area contributed by atoms with Gasteiger partial charge in [-0.1, -0.05) is 54.6 Å². The second-order valence-corrected chi connectivity index (χ2v) is 11.1. The fourth-order valence-electron chi connectivity index (χ4n) is 5.77. The highest BCUT2D eigenvalue weighted by molar-refractivity contribution is 5.71. The van der Waals surface area contributed by atoms with Gasteiger partial charge < -0.3 is 29.0 Å². The van der Waals surface area contributed by atoms with Crippen LogP contribution in [-0.4, -0.2) is 83.0 Å². The van der Waals surface area contributed by atoms with Crippen molar-refractivity contribution >= 4 is 23.5 Å². The van der Waals surface area contributed by atoms with E-state index in [2.05, 4.69) is 19.9 Å². The molecule has 2 N–H and O–H groups in total. The largest absolute Gasteiger partial charge is 0.497 e. The molecule has 3 heterocycles. The van der Waals surface area contributed by atoms with Crippen LogP contribution >= 0.6 is 0 Å². The lowest BCUT2D eigenvalue weighted by Gasteiger charge is -2.39. The van der Waals surface area contributed by atoms with Crippen molar-refractivity contribution in [2.45, 2.75) is 30.5 Å². The minimum absolute atomic E-state index is 0.122. The Bertz CT molecular complexity index is 1810. The van der Waals surface area contributed by atoms with Crippen LogP contribution in [-0.2, 0) is 15.1 Å². The molecule has 0 saturated carbocycles. The first-order chi connectivity index (χ1) is 22.4. The molecule has 1 saturated heterocycles. The quantitative estimate of drug-likeness (QED) is 0.127. The molecule has 6 rings (SSSR count). The van der Waals surface area contributed by atoms with Crippen LogP contribution in [0.2, 0.25) is 0 Å². The van der Waals surface area contributed by atoms with Crippen molar-refractivity contribution in [1.29, 1.82) is 0 Å². The van der Waals surface area contributed by atoms with E-state index in [9.17, 15) is 9.90 Å². The molecule has 1 aliphatic rings. The molecule has 3 aromatic carbocycles. The lowest BCUT2D eigenvalue weighted by atomic mass is 9.79. The standard InChI is InChI=1S/C34H36N6O6/c1-39(2)20-36-33-37-30-29(31(42)38-33)35-21-40(30)32-28(18-27(19-41)45-32)46-34(22-8-6-5-7-9-22,23-10-14-25(43-3)15-11-23)24-12-16-26(44-4)17-13-24/h5-17,20-21,27-28,32,41H,18-19H2,1-4H3,(H,37,38,42)/t27-,28+,32+/m0/s1. The third kappa shape index (κ3) is 5.85. The summed E-state index contributed by atoms with van der Waals surface area (Å²) >= 11 is 0. The van der Waals surface area contributed by atoms with Crippen molar-refractivity contribution in [3.8, 4) is 11.5 Å². The highest BCUT2D eigenvalue weighted by atomic mass is 16.6. The Hall–Kier alpha value is -5.04. The molecule has 0 amide bonds. The van der Waals surface area contributed by atoms with Crippen LogP contribution in [0.3, 0.4) is 0 Å². The fourth-order valence-corrected chi connectivity index (χ4v) is 5.77. The molecule has 5 aromatic rings. The summed E-state index contributed by atoms with van der Waals surface area (Å²) in [5, 5.41) is 10.3. The number of nitrogens with one attached hydrogen (secondary N) is 1. The van der Waals surface area contributed by atoms with Gasteiger partial charge in [-0.3, -0.25) is 14.3 Å². The molecule has 12 nitrogen and oxygen atoms in total. The molecule has 238 valence electrons. The molecular weight excluding hydrogens is 588 g/mol. The van der Waals surface area contributed by atoms with Gasteiger partial charge in [0.05, 0.1) is 39.6 Å². The van der Waals surface area contributed by atoms with Crippen LogP contribution in [0.5, 0.6) is 11.5 Å². The molecule has 12 heteroatoms. The van der Waals surface area contributed by atoms with E-state index in [1.807, 2.05) is 93.0 Å². The van der Waals surface area contributed by atoms with Crippen LogP contribution in [0, 0.1) is 0 Å². The molecule has 1 aliphatic heterocycles. The van der Waals surface area contributed by atoms with Crippen LogP contribution in [0.1, 0.15) is 29.3 Å². The minimum Gasteiger partial charge on any atom is -0.497 e. The SMILES string of the molecule is COc1ccc(C(O[C@@H]2C[C@@H](CO)O[C@H]2n2cnc3c(=O)[nH]c(N=CN(C)C)nc32)(c2ccccc2)c2ccc(OC)cc2)cc1. The van der Waals surface area contributed by atoms with Gasteiger partial charge in [-0.15, -0.1) is 0 Å². The van der Waals surface area contributed by atoms with Gasteiger partial charge in [0.1, 0.15) is 23.2 Å². The van der Waals surface area contributed by atoms with E-state index in [4.69, 9.17) is 18.9 Å². The van der Waals surface area contributed by atoms with E-state index in [-0.39, 0.29) is 23.7 Å². The third-order valence-electron chi connectivity index (χ3n) is 7.96. The van der Waals surface area contributed by atoms with E-state index >= 15 is 0 Å². The highest BCUT2D eigenvalue weighted by Crippen LogP contribution is 2.46. The van der Waals surface area contributed by atoms with Gasteiger partial charge in [-0.25, -0.2) is 9.98 Å². The van der Waals surface area contributed by atoms with Gasteiger partial charge >= 0.3 is 0 Å². The fraction of sp³-hybridized carbons (Fsp3) is 0.294. The number of aliphatic imine (C=N–C) groups is 1. The Morgan fingerprint density at radius 2 is 1.61 bits per heavy atom. The zero-order valence-corrected chi connectivity index (χ0v) is 26.0. The molecule has 0 radical (unpaired) electrons. The summed E-state index contributed by atoms with van der Waals surface area (Å²) in [6, 6.07) is 25.4. The normalized spacial score (nSPS) is 18.3. The summed E-state index contributed by atoms with van der Waals surface area (Å²) < 4.78 is 26.4. The number of ether oxygens (including phenoxy) is 4. The molecule has 46 heavy (non-hydrogen) atoms. The Labute approximate surface area is 265 Å². The smallest absolute Gasteiger partial charge is 0.280 e. The maximum Gasteiger partial charge on any atom is 0.280 e. The summed E-state index contributed by atoms with van der Waals surface area (Å²) in [5.41, 5.74) is 1.42. The number of aromatic nitrogens is 4. The van der Waals surface area contributed by atoms with Crippen LogP contribution in [0.25, 0.3) is 11.2 Å². The topological polar surface area (TPSA) is 136 Å². The Kier molecular flexibility index (Phi) is 8.84. The van der Waals surface area contributed by atoms with Crippen molar-refractivity contribution in [2.24, 2.45) is 4.99 Å². The molecule has 3 atom stereocenters. The maximum atomic E-state index is 13.0. The van der Waals surface area contributed by atoms with Crippen LogP contribution in [0.4, 0.5) is 5.95 Å². The van der Waals surface area contributed by atoms with Gasteiger partial charge in [0.25, 0.3) is 5.56 Å². The van der Waals surface area contributed by atoms with Crippen LogP contribution < -0.4 is 15.0 Å². The lowest BCUT2D eigenvalue weighted by molar-refractivity contribution is -0.109. The number of nitrogens with zero attached hydrogens (tertiary/aromatic N) is 5. The molecular formula is C34H36N6O6. The van der Waals surface area contributed by atoms with Gasteiger partial charge in [0.2, 0.25) is 5.95 Å². The minimum atomic E-state index is -1.14. The zero-order chi connectivity index (χ0) is 32.3. The molecule has 0 unspecified atom stereocenters. The zero-order valence-electron chi connectivity index (χ0n) is 26.0. The second-order valence-electron chi connectivity index (χ2n) is 11.1. The first kappa shape index (κ1) is 31.0. The summed E-state index contributed by atoms with van der Waals surface area (Å²) in [7, 11) is 6.89. The molecule has 0 aliphatic carbocycles. The number of rotatable bonds is 11. The maximum absolute atomic E-state index is 13.0. The number of aliphatic hydroxyl groups is 1. The van der Waals surface area contributed by atoms with Gasteiger partial charge in [-0.2, -0.15) is 4.98 Å². The summed E-state index contributed by atoms with van der Waals surface area (Å²) in [6.45, 7) is -0.223. The van der Waals surface area contributed by atoms with Gasteiger partial charge in [0.15, 0.2) is 17.4 Å². The number of imidazole rings is 1. The van der Waals surface area contributed by atoms with Crippen LogP contribution in [0.15, 0.2) is 95.0 Å². The first-order valence-electron chi connectivity index (χ1n) is 14.8. The molecule has 1 fully saturated rings. The van der Waals surface area contributed by atoms with E-state index < -0.39 is 29.6 Å². The molecule has 0 bridgehead atoms. The Balaban J connectivity index is 1.52. The van der Waals surface area contributed by atoms with Crippen molar-refractivity contribution in [1.82, 2.24) is 24.4 Å². The highest BCUT2D eigenvalue weighted by Gasteiger charge is 2.46. The number of aliphatic hydroxyl groups excluding tert-OH is 1. The number of H-pyrrole nitrogens is 1. The Morgan fingerprint density at radius 1 is 1.00 bits per heavy atom. The van der Waals surface area contributed by atoms with Crippen molar-refractivity contribution in [3.05, 3.63) is 112 Å². The number of methoxy groups -OCH3 is 2. The number of hydrogen-bond donors (Lipinski definition) is 2. The number of aromatic amines is 1. The van der Waals surface area contributed by atoms with E-state index in [0.29, 0.717) is 17.9 Å². The van der Waals surface area contributed by atoms with Gasteiger partial charge in [0, 0.05) is 20.5 Å². The molecule has 2 aromatic heterocycles. The summed E-state index contributed by atoms with van der Waals surface area (Å²) in [5.74, 6) is 1.53. The third-order valence-corrected chi connectivity index (χ3v) is 7.96. The second kappa shape index (κ2) is 13.1. The predicted octanol–water partition coefficient (Wildman–Crippen LogP) is 4.02. The van der Waals surface area contributed by atoms with Crippen molar-refractivity contribution in [2.75, 3.05) is 34.9 Å². The van der Waals surface area contributed by atoms with E-state index in [1.165, 1.54) is 6.33 Å². The van der Waals surface area contributed by atoms with Crippen molar-refractivity contribution < 1.29 is 24.1 Å². The van der Waals surface area contributed by atoms with E-state index in [0.717, 1.165) is 16.7 Å². The average molecular weight is 625 g/mol. The number of benzene rings is 3. The average Bonchev–Trinajstić information content (AvgIpc) is 3.70. The van der Waals surface area contributed by atoms with E-state index in [1.54, 1.807) is 30.0 Å². The lowest BCUT2D eigenvalue weighted by Crippen LogP contribution is -2.39. The number of fused-ring (bicyclic) bond motifs is 1. The number of hydrogen-bond acceptors (Lipinski definition) is 9. The summed E-state index contributed by atoms with van der Waals surface area (Å²) in [4.78, 5) is 30.6. The predicted molar refractivity (Wildman–Crippen MR) is 173 cm³/mol. The van der Waals surface area contributed by atoms with Gasteiger partial charge in [-0.05, 0) is 41.0 Å². The summed E-state index contributed by atoms with van der Waals surface area (Å²) in [6.07, 6.45) is 1.45. The first-order valence-corrected chi connectivity index (χ1v) is 14.8. The monoisotopic (exact) mass is 624 g/mol. The van der Waals surface area contributed by atoms with Crippen molar-refractivity contribution in [3.63, 3.8) is 0 Å². The Morgan fingerprint density at radius 3 is 2.17 bits per heavy atom.